The quantitative estimate of drug-likeness (QED) is 0.588. The van der Waals surface area contributed by atoms with Gasteiger partial charge in [0.1, 0.15) is 0 Å². The van der Waals surface area contributed by atoms with Gasteiger partial charge in [0.2, 0.25) is 5.91 Å². The molecule has 0 spiro atoms. The van der Waals surface area contributed by atoms with Crippen LogP contribution in [0.15, 0.2) is 0 Å². The maximum atomic E-state index is 11.1. The molecule has 1 aliphatic heterocycles. The van der Waals surface area contributed by atoms with E-state index in [-0.39, 0.29) is 19.1 Å². The highest BCUT2D eigenvalue weighted by Crippen LogP contribution is 2.29. The third-order valence-electron chi connectivity index (χ3n) is 2.38. The Bertz CT molecular complexity index is 169. The highest BCUT2D eigenvalue weighted by molar-refractivity contribution is 5.76. The van der Waals surface area contributed by atoms with Gasteiger partial charge in [-0.05, 0) is 0 Å². The number of rotatable bonds is 3. The van der Waals surface area contributed by atoms with Crippen molar-refractivity contribution >= 4 is 5.91 Å². The van der Waals surface area contributed by atoms with Crippen LogP contribution < -0.4 is 0 Å². The molecule has 0 aliphatic carbocycles. The largest absolute Gasteiger partial charge is 0.396 e. The smallest absolute Gasteiger partial charge is 0.222 e. The van der Waals surface area contributed by atoms with Gasteiger partial charge in [0.15, 0.2) is 0 Å². The minimum atomic E-state index is -0.426. The number of carbonyl (C=O) groups excluding carboxylic acids is 1. The molecule has 0 bridgehead atoms. The van der Waals surface area contributed by atoms with E-state index in [0.29, 0.717) is 19.5 Å². The van der Waals surface area contributed by atoms with Crippen LogP contribution >= 0.6 is 0 Å². The molecule has 1 fully saturated rings. The molecule has 4 nitrogen and oxygen atoms in total. The number of hydrogen-bond donors (Lipinski definition) is 2. The Hall–Kier alpha value is -0.610. The fourth-order valence-corrected chi connectivity index (χ4v) is 1.41. The van der Waals surface area contributed by atoms with Gasteiger partial charge in [0, 0.05) is 19.5 Å². The molecule has 70 valence electrons. The zero-order valence-corrected chi connectivity index (χ0v) is 7.29. The lowest BCUT2D eigenvalue weighted by molar-refractivity contribution is -0.149. The summed E-state index contributed by atoms with van der Waals surface area (Å²) in [6.07, 6.45) is 0.493. The number of hydrogen-bond acceptors (Lipinski definition) is 3. The van der Waals surface area contributed by atoms with Crippen LogP contribution in [0, 0.1) is 5.41 Å². The zero-order valence-electron chi connectivity index (χ0n) is 7.29. The number of aliphatic hydroxyl groups excluding tert-OH is 2. The van der Waals surface area contributed by atoms with E-state index < -0.39 is 5.41 Å². The van der Waals surface area contributed by atoms with Crippen molar-refractivity contribution in [3.8, 4) is 0 Å². The molecule has 0 aromatic rings. The number of aliphatic hydroxyl groups is 2. The summed E-state index contributed by atoms with van der Waals surface area (Å²) in [4.78, 5) is 12.7. The van der Waals surface area contributed by atoms with E-state index in [4.69, 9.17) is 10.2 Å². The topological polar surface area (TPSA) is 60.8 Å². The normalized spacial score (nSPS) is 20.4. The predicted octanol–water partition coefficient (Wildman–Crippen LogP) is -0.790. The molecule has 0 atom stereocenters. The van der Waals surface area contributed by atoms with Crippen LogP contribution in [0.25, 0.3) is 0 Å². The van der Waals surface area contributed by atoms with Crippen molar-refractivity contribution in [2.75, 3.05) is 26.3 Å². The molecule has 1 amide bonds. The Labute approximate surface area is 71.8 Å². The van der Waals surface area contributed by atoms with Crippen molar-refractivity contribution in [1.82, 2.24) is 4.90 Å². The summed E-state index contributed by atoms with van der Waals surface area (Å²) >= 11 is 0. The SMILES string of the molecule is CCC(=O)N1CC(CO)(CO)C1. The van der Waals surface area contributed by atoms with Crippen molar-refractivity contribution < 1.29 is 15.0 Å². The lowest BCUT2D eigenvalue weighted by Gasteiger charge is -2.48. The van der Waals surface area contributed by atoms with Gasteiger partial charge < -0.3 is 15.1 Å². The second-order valence-corrected chi connectivity index (χ2v) is 3.42. The Balaban J connectivity index is 2.40. The molecule has 0 aromatic carbocycles. The highest BCUT2D eigenvalue weighted by atomic mass is 16.3. The minimum Gasteiger partial charge on any atom is -0.396 e. The first-order valence-electron chi connectivity index (χ1n) is 4.17. The van der Waals surface area contributed by atoms with Gasteiger partial charge in [0.05, 0.1) is 18.6 Å². The average molecular weight is 173 g/mol. The molecular formula is C8H15NO3. The van der Waals surface area contributed by atoms with Gasteiger partial charge >= 0.3 is 0 Å². The average Bonchev–Trinajstić information content (AvgIpc) is 2.04. The van der Waals surface area contributed by atoms with E-state index in [9.17, 15) is 4.79 Å². The fraction of sp³-hybridized carbons (Fsp3) is 0.875. The molecule has 1 aliphatic rings. The van der Waals surface area contributed by atoms with Gasteiger partial charge in [-0.15, -0.1) is 0 Å². The molecule has 1 rings (SSSR count). The highest BCUT2D eigenvalue weighted by Gasteiger charge is 2.43. The van der Waals surface area contributed by atoms with E-state index >= 15 is 0 Å². The Morgan fingerprint density at radius 1 is 1.42 bits per heavy atom. The van der Waals surface area contributed by atoms with E-state index in [1.165, 1.54) is 0 Å². The first-order valence-corrected chi connectivity index (χ1v) is 4.17. The maximum absolute atomic E-state index is 11.1. The summed E-state index contributed by atoms with van der Waals surface area (Å²) < 4.78 is 0. The lowest BCUT2D eigenvalue weighted by Crippen LogP contribution is -2.61. The Morgan fingerprint density at radius 2 is 1.92 bits per heavy atom. The number of likely N-dealkylation sites (tertiary alicyclic amines) is 1. The number of carbonyl (C=O) groups is 1. The van der Waals surface area contributed by atoms with Gasteiger partial charge in [-0.25, -0.2) is 0 Å². The van der Waals surface area contributed by atoms with E-state index in [0.717, 1.165) is 0 Å². The standard InChI is InChI=1S/C8H15NO3/c1-2-7(12)9-3-8(4-9,5-10)6-11/h10-11H,2-6H2,1H3. The van der Waals surface area contributed by atoms with Crippen molar-refractivity contribution in [2.45, 2.75) is 13.3 Å². The van der Waals surface area contributed by atoms with Crippen LogP contribution in [-0.2, 0) is 4.79 Å². The Morgan fingerprint density at radius 3 is 2.25 bits per heavy atom. The van der Waals surface area contributed by atoms with Crippen molar-refractivity contribution in [2.24, 2.45) is 5.41 Å². The molecule has 1 saturated heterocycles. The monoisotopic (exact) mass is 173 g/mol. The molecule has 0 aromatic heterocycles. The van der Waals surface area contributed by atoms with Crippen molar-refractivity contribution in [1.29, 1.82) is 0 Å². The fourth-order valence-electron chi connectivity index (χ4n) is 1.41. The zero-order chi connectivity index (χ0) is 9.19. The molecular weight excluding hydrogens is 158 g/mol. The summed E-state index contributed by atoms with van der Waals surface area (Å²) in [5.74, 6) is 0.0903. The summed E-state index contributed by atoms with van der Waals surface area (Å²) in [6.45, 7) is 2.70. The van der Waals surface area contributed by atoms with Crippen molar-refractivity contribution in [3.05, 3.63) is 0 Å². The molecule has 2 N–H and O–H groups in total. The van der Waals surface area contributed by atoms with Crippen molar-refractivity contribution in [3.63, 3.8) is 0 Å². The van der Waals surface area contributed by atoms with Crippen LogP contribution in [-0.4, -0.2) is 47.3 Å². The molecule has 0 radical (unpaired) electrons. The predicted molar refractivity (Wildman–Crippen MR) is 43.5 cm³/mol. The second kappa shape index (κ2) is 3.41. The first-order chi connectivity index (χ1) is 5.67. The molecule has 4 heteroatoms. The summed E-state index contributed by atoms with van der Waals surface area (Å²) in [6, 6.07) is 0. The Kier molecular flexibility index (Phi) is 2.69. The van der Waals surface area contributed by atoms with E-state index in [2.05, 4.69) is 0 Å². The maximum Gasteiger partial charge on any atom is 0.222 e. The second-order valence-electron chi connectivity index (χ2n) is 3.42. The van der Waals surface area contributed by atoms with Gasteiger partial charge in [-0.1, -0.05) is 6.92 Å². The minimum absolute atomic E-state index is 0.0446. The van der Waals surface area contributed by atoms with Gasteiger partial charge in [-0.3, -0.25) is 4.79 Å². The van der Waals surface area contributed by atoms with E-state index in [1.54, 1.807) is 11.8 Å². The van der Waals surface area contributed by atoms with Crippen LogP contribution in [0.1, 0.15) is 13.3 Å². The number of amides is 1. The van der Waals surface area contributed by atoms with Crippen LogP contribution in [0.2, 0.25) is 0 Å². The summed E-state index contributed by atoms with van der Waals surface area (Å²) in [5.41, 5.74) is -0.426. The first kappa shape index (κ1) is 9.48. The summed E-state index contributed by atoms with van der Waals surface area (Å²) in [5, 5.41) is 17.8. The third kappa shape index (κ3) is 1.44. The van der Waals surface area contributed by atoms with Gasteiger partial charge in [-0.2, -0.15) is 0 Å². The lowest BCUT2D eigenvalue weighted by atomic mass is 9.81. The third-order valence-corrected chi connectivity index (χ3v) is 2.38. The molecule has 0 saturated carbocycles. The van der Waals surface area contributed by atoms with Crippen LogP contribution in [0.3, 0.4) is 0 Å². The van der Waals surface area contributed by atoms with Gasteiger partial charge in [0.25, 0.3) is 0 Å². The molecule has 12 heavy (non-hydrogen) atoms. The van der Waals surface area contributed by atoms with Crippen LogP contribution in [0.4, 0.5) is 0 Å². The van der Waals surface area contributed by atoms with E-state index in [1.807, 2.05) is 0 Å². The number of nitrogens with zero attached hydrogens (tertiary/aromatic N) is 1. The molecule has 1 heterocycles. The van der Waals surface area contributed by atoms with Crippen LogP contribution in [0.5, 0.6) is 0 Å². The molecule has 0 unspecified atom stereocenters. The summed E-state index contributed by atoms with van der Waals surface area (Å²) in [7, 11) is 0.